The molecule has 30 heavy (non-hydrogen) atoms. The SMILES string of the molecule is COc1ccc(COC(=O)C2C(C)=NC(=O)NC2c2cccc(OC)c2OC)cc1. The van der Waals surface area contributed by atoms with Gasteiger partial charge in [-0.05, 0) is 30.7 Å². The summed E-state index contributed by atoms with van der Waals surface area (Å²) in [6.07, 6.45) is 0. The van der Waals surface area contributed by atoms with Crippen molar-refractivity contribution in [1.82, 2.24) is 5.32 Å². The van der Waals surface area contributed by atoms with Gasteiger partial charge in [0.05, 0.1) is 27.4 Å². The van der Waals surface area contributed by atoms with E-state index in [0.717, 1.165) is 5.56 Å². The summed E-state index contributed by atoms with van der Waals surface area (Å²) >= 11 is 0. The number of urea groups is 1. The summed E-state index contributed by atoms with van der Waals surface area (Å²) < 4.78 is 21.5. The van der Waals surface area contributed by atoms with Crippen LogP contribution in [0, 0.1) is 5.92 Å². The van der Waals surface area contributed by atoms with Crippen molar-refractivity contribution in [2.45, 2.75) is 19.6 Å². The maximum absolute atomic E-state index is 13.0. The molecule has 1 heterocycles. The van der Waals surface area contributed by atoms with Gasteiger partial charge in [0.1, 0.15) is 18.3 Å². The Balaban J connectivity index is 1.87. The normalized spacial score (nSPS) is 18.1. The number of para-hydroxylation sites is 1. The van der Waals surface area contributed by atoms with Crippen LogP contribution in [0.3, 0.4) is 0 Å². The van der Waals surface area contributed by atoms with Gasteiger partial charge in [0.15, 0.2) is 11.5 Å². The number of hydrogen-bond donors (Lipinski definition) is 1. The van der Waals surface area contributed by atoms with E-state index in [-0.39, 0.29) is 6.61 Å². The number of nitrogens with zero attached hydrogens (tertiary/aromatic N) is 1. The summed E-state index contributed by atoms with van der Waals surface area (Å²) in [6.45, 7) is 1.72. The average molecular weight is 412 g/mol. The number of aliphatic imine (C=N–C) groups is 1. The average Bonchev–Trinajstić information content (AvgIpc) is 2.76. The van der Waals surface area contributed by atoms with E-state index in [0.29, 0.717) is 28.5 Å². The van der Waals surface area contributed by atoms with Gasteiger partial charge in [-0.2, -0.15) is 0 Å². The summed E-state index contributed by atoms with van der Waals surface area (Å²) in [6, 6.07) is 11.3. The molecule has 2 unspecified atom stereocenters. The third kappa shape index (κ3) is 4.37. The number of benzene rings is 2. The summed E-state index contributed by atoms with van der Waals surface area (Å²) in [5.41, 5.74) is 1.79. The first-order valence-electron chi connectivity index (χ1n) is 9.34. The summed E-state index contributed by atoms with van der Waals surface area (Å²) in [7, 11) is 4.61. The zero-order valence-electron chi connectivity index (χ0n) is 17.3. The molecule has 0 radical (unpaired) electrons. The smallest absolute Gasteiger partial charge is 0.341 e. The molecule has 1 aliphatic rings. The molecule has 8 heteroatoms. The minimum atomic E-state index is -0.804. The standard InChI is InChI=1S/C22H24N2O6/c1-13-18(21(25)30-12-14-8-10-15(27-2)11-9-14)19(24-22(26)23-13)16-6-5-7-17(28-3)20(16)29-4/h5-11,18-19H,12H2,1-4H3,(H,24,26). The first-order chi connectivity index (χ1) is 14.5. The Labute approximate surface area is 174 Å². The Morgan fingerprint density at radius 1 is 1.03 bits per heavy atom. The van der Waals surface area contributed by atoms with Crippen LogP contribution in [0.4, 0.5) is 4.79 Å². The topological polar surface area (TPSA) is 95.5 Å². The van der Waals surface area contributed by atoms with Gasteiger partial charge in [-0.1, -0.05) is 24.3 Å². The molecule has 0 saturated carbocycles. The second kappa shape index (κ2) is 9.30. The lowest BCUT2D eigenvalue weighted by Crippen LogP contribution is -2.44. The van der Waals surface area contributed by atoms with Gasteiger partial charge >= 0.3 is 12.0 Å². The lowest BCUT2D eigenvalue weighted by Gasteiger charge is -2.30. The number of amides is 2. The van der Waals surface area contributed by atoms with Crippen molar-refractivity contribution in [1.29, 1.82) is 0 Å². The van der Waals surface area contributed by atoms with Crippen molar-refractivity contribution < 1.29 is 28.5 Å². The number of carbonyl (C=O) groups is 2. The molecule has 2 atom stereocenters. The zero-order valence-corrected chi connectivity index (χ0v) is 17.3. The van der Waals surface area contributed by atoms with Gasteiger partial charge in [-0.15, -0.1) is 0 Å². The van der Waals surface area contributed by atoms with Crippen molar-refractivity contribution >= 4 is 17.7 Å². The maximum atomic E-state index is 13.0. The molecule has 0 spiro atoms. The molecule has 0 aliphatic carbocycles. The molecule has 0 saturated heterocycles. The van der Waals surface area contributed by atoms with Crippen LogP contribution >= 0.6 is 0 Å². The van der Waals surface area contributed by atoms with Crippen molar-refractivity contribution in [2.75, 3.05) is 21.3 Å². The van der Waals surface area contributed by atoms with Gasteiger partial charge < -0.3 is 24.3 Å². The second-order valence-corrected chi connectivity index (χ2v) is 6.70. The predicted molar refractivity (Wildman–Crippen MR) is 110 cm³/mol. The maximum Gasteiger partial charge on any atom is 0.341 e. The van der Waals surface area contributed by atoms with Crippen LogP contribution < -0.4 is 19.5 Å². The predicted octanol–water partition coefficient (Wildman–Crippen LogP) is 3.30. The van der Waals surface area contributed by atoms with Gasteiger partial charge in [-0.25, -0.2) is 9.79 Å². The van der Waals surface area contributed by atoms with Crippen molar-refractivity contribution in [3.05, 3.63) is 53.6 Å². The van der Waals surface area contributed by atoms with E-state index in [1.54, 1.807) is 44.4 Å². The Hall–Kier alpha value is -3.55. The lowest BCUT2D eigenvalue weighted by molar-refractivity contribution is -0.148. The molecule has 2 aromatic carbocycles. The molecule has 1 N–H and O–H groups in total. The molecular formula is C22H24N2O6. The lowest BCUT2D eigenvalue weighted by atomic mass is 9.87. The highest BCUT2D eigenvalue weighted by atomic mass is 16.5. The molecule has 8 nitrogen and oxygen atoms in total. The van der Waals surface area contributed by atoms with Crippen LogP contribution in [0.5, 0.6) is 17.2 Å². The Bertz CT molecular complexity index is 955. The van der Waals surface area contributed by atoms with E-state index in [4.69, 9.17) is 18.9 Å². The summed E-state index contributed by atoms with van der Waals surface area (Å²) in [5, 5.41) is 2.75. The molecule has 1 aliphatic heterocycles. The van der Waals surface area contributed by atoms with E-state index in [1.807, 2.05) is 12.1 Å². The first-order valence-corrected chi connectivity index (χ1v) is 9.34. The summed E-state index contributed by atoms with van der Waals surface area (Å²) in [5.74, 6) is 0.347. The van der Waals surface area contributed by atoms with Crippen LogP contribution in [0.1, 0.15) is 24.1 Å². The van der Waals surface area contributed by atoms with Crippen LogP contribution in [-0.2, 0) is 16.1 Å². The molecule has 158 valence electrons. The molecule has 2 amide bonds. The molecule has 0 fully saturated rings. The fourth-order valence-electron chi connectivity index (χ4n) is 3.41. The molecule has 0 bridgehead atoms. The largest absolute Gasteiger partial charge is 0.497 e. The minimum absolute atomic E-state index is 0.0858. The Morgan fingerprint density at radius 2 is 1.77 bits per heavy atom. The van der Waals surface area contributed by atoms with Crippen molar-refractivity contribution in [2.24, 2.45) is 10.9 Å². The monoisotopic (exact) mass is 412 g/mol. The fraction of sp³-hybridized carbons (Fsp3) is 0.318. The minimum Gasteiger partial charge on any atom is -0.497 e. The Kier molecular flexibility index (Phi) is 6.56. The number of hydrogen-bond acceptors (Lipinski definition) is 6. The summed E-state index contributed by atoms with van der Waals surface area (Å²) in [4.78, 5) is 29.0. The van der Waals surface area contributed by atoms with Crippen LogP contribution in [0.2, 0.25) is 0 Å². The molecular weight excluding hydrogens is 388 g/mol. The van der Waals surface area contributed by atoms with Crippen molar-refractivity contribution in [3.8, 4) is 17.2 Å². The van der Waals surface area contributed by atoms with Gasteiger partial charge in [0.2, 0.25) is 0 Å². The number of nitrogens with one attached hydrogen (secondary N) is 1. The number of rotatable bonds is 7. The fourth-order valence-corrected chi connectivity index (χ4v) is 3.41. The van der Waals surface area contributed by atoms with E-state index in [2.05, 4.69) is 10.3 Å². The quantitative estimate of drug-likeness (QED) is 0.701. The number of ether oxygens (including phenoxy) is 4. The molecule has 0 aromatic heterocycles. The van der Waals surface area contributed by atoms with Gasteiger partial charge in [0.25, 0.3) is 0 Å². The van der Waals surface area contributed by atoms with E-state index in [9.17, 15) is 9.59 Å². The highest BCUT2D eigenvalue weighted by molar-refractivity contribution is 6.08. The molecule has 3 rings (SSSR count). The van der Waals surface area contributed by atoms with Gasteiger partial charge in [-0.3, -0.25) is 4.79 Å². The highest BCUT2D eigenvalue weighted by Gasteiger charge is 2.39. The number of carbonyl (C=O) groups excluding carboxylic acids is 2. The third-order valence-corrected chi connectivity index (χ3v) is 4.90. The number of esters is 1. The number of methoxy groups -OCH3 is 3. The van der Waals surface area contributed by atoms with E-state index in [1.165, 1.54) is 14.2 Å². The Morgan fingerprint density at radius 3 is 2.40 bits per heavy atom. The van der Waals surface area contributed by atoms with E-state index < -0.39 is 24.0 Å². The van der Waals surface area contributed by atoms with Gasteiger partial charge in [0, 0.05) is 11.3 Å². The van der Waals surface area contributed by atoms with Crippen LogP contribution in [-0.4, -0.2) is 39.0 Å². The van der Waals surface area contributed by atoms with Crippen LogP contribution in [0.15, 0.2) is 47.5 Å². The second-order valence-electron chi connectivity index (χ2n) is 6.70. The zero-order chi connectivity index (χ0) is 21.7. The first kappa shape index (κ1) is 21.2. The molecule has 2 aromatic rings. The van der Waals surface area contributed by atoms with E-state index >= 15 is 0 Å². The van der Waals surface area contributed by atoms with Crippen LogP contribution in [0.25, 0.3) is 0 Å². The third-order valence-electron chi connectivity index (χ3n) is 4.90. The highest BCUT2D eigenvalue weighted by Crippen LogP contribution is 2.39. The van der Waals surface area contributed by atoms with Crippen molar-refractivity contribution in [3.63, 3.8) is 0 Å².